The van der Waals surface area contributed by atoms with Crippen LogP contribution in [0.25, 0.3) is 16.5 Å². The van der Waals surface area contributed by atoms with Crippen LogP contribution in [0.4, 0.5) is 5.69 Å². The molecule has 0 saturated heterocycles. The van der Waals surface area contributed by atoms with E-state index in [0.717, 1.165) is 22.0 Å². The average Bonchev–Trinajstić information content (AvgIpc) is 3.34. The minimum absolute atomic E-state index is 0.0394. The molecule has 1 unspecified atom stereocenters. The first-order chi connectivity index (χ1) is 17.8. The Balaban J connectivity index is 1.50. The van der Waals surface area contributed by atoms with Crippen LogP contribution < -0.4 is 9.64 Å². The fraction of sp³-hybridized carbons (Fsp3) is 0.226. The number of carboxylic acids is 1. The Morgan fingerprint density at radius 1 is 1.03 bits per heavy atom. The zero-order valence-electron chi connectivity index (χ0n) is 21.4. The predicted molar refractivity (Wildman–Crippen MR) is 148 cm³/mol. The van der Waals surface area contributed by atoms with Gasteiger partial charge < -0.3 is 19.3 Å². The molecule has 0 aliphatic carbocycles. The highest BCUT2D eigenvalue weighted by molar-refractivity contribution is 6.06. The third-order valence-corrected chi connectivity index (χ3v) is 6.56. The van der Waals surface area contributed by atoms with E-state index < -0.39 is 5.97 Å². The van der Waals surface area contributed by atoms with Crippen molar-refractivity contribution in [3.8, 4) is 5.75 Å². The molecule has 4 aromatic rings. The second-order valence-electron chi connectivity index (χ2n) is 9.12. The summed E-state index contributed by atoms with van der Waals surface area (Å²) in [5, 5.41) is 9.94. The van der Waals surface area contributed by atoms with Crippen molar-refractivity contribution in [2.75, 3.05) is 18.6 Å². The molecular formula is C31H32N2O4. The first-order valence-corrected chi connectivity index (χ1v) is 12.4. The molecule has 1 aromatic heterocycles. The summed E-state index contributed by atoms with van der Waals surface area (Å²) in [5.41, 5.74) is 4.87. The summed E-state index contributed by atoms with van der Waals surface area (Å²) in [4.78, 5) is 25.4. The molecule has 0 saturated carbocycles. The molecule has 0 bridgehead atoms. The molecule has 0 spiro atoms. The minimum Gasteiger partial charge on any atom is -0.491 e. The number of ether oxygens (including phenoxy) is 1. The number of amides is 1. The van der Waals surface area contributed by atoms with Gasteiger partial charge in [0.05, 0.1) is 18.3 Å². The molecule has 6 nitrogen and oxygen atoms in total. The maximum absolute atomic E-state index is 13.1. The number of aliphatic carboxylic acids is 1. The first kappa shape index (κ1) is 25.8. The highest BCUT2D eigenvalue weighted by Gasteiger charge is 2.15. The van der Waals surface area contributed by atoms with Crippen LogP contribution in [-0.4, -0.2) is 35.2 Å². The number of nitrogens with zero attached hydrogens (tertiary/aromatic N) is 2. The third-order valence-electron chi connectivity index (χ3n) is 6.56. The van der Waals surface area contributed by atoms with E-state index in [0.29, 0.717) is 17.9 Å². The molecule has 4 rings (SSSR count). The van der Waals surface area contributed by atoms with Gasteiger partial charge in [0.1, 0.15) is 5.75 Å². The fourth-order valence-electron chi connectivity index (χ4n) is 4.39. The van der Waals surface area contributed by atoms with Crippen molar-refractivity contribution < 1.29 is 19.4 Å². The molecule has 0 fully saturated rings. The van der Waals surface area contributed by atoms with Gasteiger partial charge in [-0.3, -0.25) is 9.59 Å². The molecular weight excluding hydrogens is 464 g/mol. The number of carboxylic acid groups (broad SMARTS) is 1. The summed E-state index contributed by atoms with van der Waals surface area (Å²) in [7, 11) is 1.71. The summed E-state index contributed by atoms with van der Waals surface area (Å²) in [6.07, 6.45) is 4.18. The Morgan fingerprint density at radius 3 is 2.51 bits per heavy atom. The standard InChI is InChI=1S/C31H32N2O4/c1-22(20-30(34)32(3)28-12-7-8-13-29(28)37-19-9-14-31(35)36)25-15-16-27-26(21-25)17-18-33(27)23(2)24-10-5-4-6-11-24/h4-8,10-13,15-18,20-21,23H,9,14,19H2,1-3H3,(H,35,36)/b22-20+. The summed E-state index contributed by atoms with van der Waals surface area (Å²) >= 11 is 0. The molecule has 1 atom stereocenters. The Kier molecular flexibility index (Phi) is 8.08. The number of benzene rings is 3. The van der Waals surface area contributed by atoms with Gasteiger partial charge in [-0.25, -0.2) is 0 Å². The SMILES string of the molecule is C/C(=C\C(=O)N(C)c1ccccc1OCCCC(=O)O)c1ccc2c(ccn2C(C)c2ccccc2)c1. The number of likely N-dealkylation sites (N-methyl/N-ethyl adjacent to an activating group) is 1. The van der Waals surface area contributed by atoms with E-state index in [-0.39, 0.29) is 25.0 Å². The summed E-state index contributed by atoms with van der Waals surface area (Å²) in [6, 6.07) is 26.3. The van der Waals surface area contributed by atoms with Crippen molar-refractivity contribution in [2.24, 2.45) is 0 Å². The van der Waals surface area contributed by atoms with Crippen LogP contribution >= 0.6 is 0 Å². The molecule has 0 aliphatic heterocycles. The van der Waals surface area contributed by atoms with Crippen molar-refractivity contribution in [1.29, 1.82) is 0 Å². The highest BCUT2D eigenvalue weighted by Crippen LogP contribution is 2.30. The number of fused-ring (bicyclic) bond motifs is 1. The van der Waals surface area contributed by atoms with Crippen molar-refractivity contribution in [3.05, 3.63) is 102 Å². The molecule has 1 N–H and O–H groups in total. The van der Waals surface area contributed by atoms with Crippen molar-refractivity contribution in [1.82, 2.24) is 4.57 Å². The van der Waals surface area contributed by atoms with Crippen LogP contribution in [-0.2, 0) is 9.59 Å². The van der Waals surface area contributed by atoms with Crippen LogP contribution in [0.1, 0.15) is 43.9 Å². The summed E-state index contributed by atoms with van der Waals surface area (Å²) in [6.45, 7) is 4.39. The zero-order chi connectivity index (χ0) is 26.4. The second-order valence-corrected chi connectivity index (χ2v) is 9.12. The third kappa shape index (κ3) is 6.09. The second kappa shape index (κ2) is 11.6. The van der Waals surface area contributed by atoms with Gasteiger partial charge in [-0.1, -0.05) is 48.5 Å². The van der Waals surface area contributed by atoms with Gasteiger partial charge >= 0.3 is 5.97 Å². The average molecular weight is 497 g/mol. The number of aromatic nitrogens is 1. The van der Waals surface area contributed by atoms with E-state index in [4.69, 9.17) is 9.84 Å². The summed E-state index contributed by atoms with van der Waals surface area (Å²) < 4.78 is 8.03. The van der Waals surface area contributed by atoms with Gasteiger partial charge in [0.2, 0.25) is 0 Å². The van der Waals surface area contributed by atoms with Gasteiger partial charge in [-0.2, -0.15) is 0 Å². The largest absolute Gasteiger partial charge is 0.491 e. The normalized spacial score (nSPS) is 12.4. The number of rotatable bonds is 10. The van der Waals surface area contributed by atoms with Gasteiger partial charge in [-0.05, 0) is 67.3 Å². The maximum atomic E-state index is 13.1. The Labute approximate surface area is 217 Å². The lowest BCUT2D eigenvalue weighted by Gasteiger charge is -2.20. The molecule has 37 heavy (non-hydrogen) atoms. The van der Waals surface area contributed by atoms with Crippen LogP contribution in [0.5, 0.6) is 5.75 Å². The van der Waals surface area contributed by atoms with E-state index in [1.165, 1.54) is 5.56 Å². The first-order valence-electron chi connectivity index (χ1n) is 12.4. The van der Waals surface area contributed by atoms with Crippen LogP contribution in [0.2, 0.25) is 0 Å². The highest BCUT2D eigenvalue weighted by atomic mass is 16.5. The van der Waals surface area contributed by atoms with E-state index in [9.17, 15) is 9.59 Å². The quantitative estimate of drug-likeness (QED) is 0.199. The van der Waals surface area contributed by atoms with Gasteiger partial charge in [0.25, 0.3) is 5.91 Å². The number of hydrogen-bond donors (Lipinski definition) is 1. The van der Waals surface area contributed by atoms with Crippen LogP contribution in [0.15, 0.2) is 91.1 Å². The van der Waals surface area contributed by atoms with Crippen molar-refractivity contribution in [2.45, 2.75) is 32.7 Å². The van der Waals surface area contributed by atoms with Crippen LogP contribution in [0.3, 0.4) is 0 Å². The Hall–Kier alpha value is -4.32. The molecule has 1 heterocycles. The molecule has 0 aliphatic rings. The van der Waals surface area contributed by atoms with Gasteiger partial charge in [0, 0.05) is 36.6 Å². The zero-order valence-corrected chi connectivity index (χ0v) is 21.4. The molecule has 0 radical (unpaired) electrons. The summed E-state index contributed by atoms with van der Waals surface area (Å²) in [5.74, 6) is -0.482. The predicted octanol–water partition coefficient (Wildman–Crippen LogP) is 6.56. The number of anilines is 1. The number of para-hydroxylation sites is 2. The smallest absolute Gasteiger partial charge is 0.303 e. The molecule has 6 heteroatoms. The number of allylic oxidation sites excluding steroid dienone is 1. The number of carbonyl (C=O) groups excluding carboxylic acids is 1. The van der Waals surface area contributed by atoms with Crippen molar-refractivity contribution >= 4 is 34.0 Å². The Bertz CT molecular complexity index is 1420. The minimum atomic E-state index is -0.856. The Morgan fingerprint density at radius 2 is 1.76 bits per heavy atom. The van der Waals surface area contributed by atoms with Gasteiger partial charge in [0.15, 0.2) is 0 Å². The van der Waals surface area contributed by atoms with E-state index in [2.05, 4.69) is 66.2 Å². The molecule has 3 aromatic carbocycles. The lowest BCUT2D eigenvalue weighted by Crippen LogP contribution is -2.25. The lowest BCUT2D eigenvalue weighted by molar-refractivity contribution is -0.137. The number of hydrogen-bond acceptors (Lipinski definition) is 3. The lowest BCUT2D eigenvalue weighted by atomic mass is 10.0. The van der Waals surface area contributed by atoms with Crippen molar-refractivity contribution in [3.63, 3.8) is 0 Å². The topological polar surface area (TPSA) is 71.8 Å². The van der Waals surface area contributed by atoms with E-state index in [1.54, 1.807) is 24.1 Å². The van der Waals surface area contributed by atoms with Crippen LogP contribution in [0, 0.1) is 0 Å². The molecule has 190 valence electrons. The fourth-order valence-corrected chi connectivity index (χ4v) is 4.39. The monoisotopic (exact) mass is 496 g/mol. The van der Waals surface area contributed by atoms with E-state index >= 15 is 0 Å². The molecule has 1 amide bonds. The van der Waals surface area contributed by atoms with E-state index in [1.807, 2.05) is 31.2 Å². The van der Waals surface area contributed by atoms with Gasteiger partial charge in [-0.15, -0.1) is 0 Å². The number of carbonyl (C=O) groups is 2. The maximum Gasteiger partial charge on any atom is 0.303 e.